The molecule has 0 saturated carbocycles. The Hall–Kier alpha value is -0.910. The summed E-state index contributed by atoms with van der Waals surface area (Å²) >= 11 is 1.57. The number of carboxylic acids is 1. The Kier molecular flexibility index (Phi) is 3.28. The second-order valence-corrected chi connectivity index (χ2v) is 4.82. The van der Waals surface area contributed by atoms with Crippen molar-refractivity contribution in [2.45, 2.75) is 24.9 Å². The summed E-state index contributed by atoms with van der Waals surface area (Å²) in [5, 5.41) is 20.1. The SMILES string of the molecule is O=C(O)C1(OCCO)CCCc2sccc21. The van der Waals surface area contributed by atoms with Crippen LogP contribution in [0.2, 0.25) is 0 Å². The summed E-state index contributed by atoms with van der Waals surface area (Å²) in [5.41, 5.74) is -0.472. The maximum Gasteiger partial charge on any atom is 0.340 e. The Labute approximate surface area is 97.5 Å². The molecule has 1 atom stereocenters. The van der Waals surface area contributed by atoms with E-state index in [1.807, 2.05) is 11.4 Å². The quantitative estimate of drug-likeness (QED) is 0.837. The molecule has 0 bridgehead atoms. The van der Waals surface area contributed by atoms with Crippen molar-refractivity contribution in [2.75, 3.05) is 13.2 Å². The molecule has 88 valence electrons. The molecular formula is C11H14O4S. The number of aliphatic hydroxyl groups excluding tert-OH is 1. The van der Waals surface area contributed by atoms with Crippen LogP contribution in [0.4, 0.5) is 0 Å². The molecule has 2 rings (SSSR count). The van der Waals surface area contributed by atoms with E-state index in [1.54, 1.807) is 11.3 Å². The highest BCUT2D eigenvalue weighted by Crippen LogP contribution is 2.41. The molecule has 0 aliphatic heterocycles. The number of hydrogen-bond acceptors (Lipinski definition) is 4. The van der Waals surface area contributed by atoms with E-state index >= 15 is 0 Å². The fraction of sp³-hybridized carbons (Fsp3) is 0.545. The van der Waals surface area contributed by atoms with Crippen LogP contribution in [-0.4, -0.2) is 29.4 Å². The molecule has 1 unspecified atom stereocenters. The van der Waals surface area contributed by atoms with Gasteiger partial charge in [0.05, 0.1) is 13.2 Å². The van der Waals surface area contributed by atoms with E-state index in [0.29, 0.717) is 6.42 Å². The molecule has 1 aromatic rings. The van der Waals surface area contributed by atoms with Crippen molar-refractivity contribution in [2.24, 2.45) is 0 Å². The lowest BCUT2D eigenvalue weighted by Crippen LogP contribution is -2.41. The van der Waals surface area contributed by atoms with Crippen LogP contribution in [0, 0.1) is 0 Å². The first kappa shape index (κ1) is 11.6. The van der Waals surface area contributed by atoms with Crippen LogP contribution in [0.3, 0.4) is 0 Å². The molecule has 1 aromatic heterocycles. The van der Waals surface area contributed by atoms with Gasteiger partial charge in [0.25, 0.3) is 0 Å². The van der Waals surface area contributed by atoms with Gasteiger partial charge >= 0.3 is 5.97 Å². The maximum atomic E-state index is 11.4. The highest BCUT2D eigenvalue weighted by atomic mass is 32.1. The van der Waals surface area contributed by atoms with Crippen molar-refractivity contribution in [3.05, 3.63) is 21.9 Å². The minimum Gasteiger partial charge on any atom is -0.479 e. The van der Waals surface area contributed by atoms with Crippen LogP contribution in [0.25, 0.3) is 0 Å². The number of carboxylic acid groups (broad SMARTS) is 1. The Morgan fingerprint density at radius 2 is 2.44 bits per heavy atom. The van der Waals surface area contributed by atoms with E-state index in [4.69, 9.17) is 9.84 Å². The van der Waals surface area contributed by atoms with Crippen molar-refractivity contribution in [1.82, 2.24) is 0 Å². The molecule has 0 fully saturated rings. The zero-order valence-electron chi connectivity index (χ0n) is 8.81. The number of hydrogen-bond donors (Lipinski definition) is 2. The van der Waals surface area contributed by atoms with Crippen LogP contribution < -0.4 is 0 Å². The summed E-state index contributed by atoms with van der Waals surface area (Å²) in [7, 11) is 0. The third-order valence-electron chi connectivity index (χ3n) is 2.90. The van der Waals surface area contributed by atoms with Gasteiger partial charge in [0.15, 0.2) is 5.60 Å². The normalized spacial score (nSPS) is 24.1. The van der Waals surface area contributed by atoms with Crippen LogP contribution in [0.5, 0.6) is 0 Å². The molecule has 0 radical (unpaired) electrons. The average molecular weight is 242 g/mol. The predicted octanol–water partition coefficient (Wildman–Crippen LogP) is 1.37. The molecule has 0 amide bonds. The molecule has 16 heavy (non-hydrogen) atoms. The lowest BCUT2D eigenvalue weighted by molar-refractivity contribution is -0.171. The predicted molar refractivity (Wildman–Crippen MR) is 59.6 cm³/mol. The third-order valence-corrected chi connectivity index (χ3v) is 3.88. The van der Waals surface area contributed by atoms with Crippen molar-refractivity contribution < 1.29 is 19.7 Å². The number of aliphatic hydroxyl groups is 1. The maximum absolute atomic E-state index is 11.4. The molecule has 0 aromatic carbocycles. The second kappa shape index (κ2) is 4.53. The van der Waals surface area contributed by atoms with Gasteiger partial charge in [-0.2, -0.15) is 0 Å². The standard InChI is InChI=1S/C11H14O4S/c12-5-6-15-11(10(13)14)4-1-2-9-8(11)3-7-16-9/h3,7,12H,1-2,4-6H2,(H,13,14). The van der Waals surface area contributed by atoms with E-state index in [0.717, 1.165) is 23.3 Å². The van der Waals surface area contributed by atoms with Gasteiger partial charge < -0.3 is 14.9 Å². The molecule has 0 spiro atoms. The Morgan fingerprint density at radius 3 is 3.12 bits per heavy atom. The van der Waals surface area contributed by atoms with Gasteiger partial charge in [-0.05, 0) is 30.7 Å². The highest BCUT2D eigenvalue weighted by Gasteiger charge is 2.45. The van der Waals surface area contributed by atoms with E-state index in [-0.39, 0.29) is 13.2 Å². The minimum atomic E-state index is -1.24. The molecule has 1 aliphatic carbocycles. The zero-order valence-corrected chi connectivity index (χ0v) is 9.63. The van der Waals surface area contributed by atoms with Gasteiger partial charge in [0.2, 0.25) is 0 Å². The molecule has 1 aliphatic rings. The van der Waals surface area contributed by atoms with Gasteiger partial charge in [-0.25, -0.2) is 4.79 Å². The van der Waals surface area contributed by atoms with Crippen LogP contribution in [-0.2, 0) is 21.6 Å². The van der Waals surface area contributed by atoms with Gasteiger partial charge in [0.1, 0.15) is 0 Å². The van der Waals surface area contributed by atoms with Gasteiger partial charge in [-0.1, -0.05) is 0 Å². The average Bonchev–Trinajstić information content (AvgIpc) is 2.74. The summed E-state index contributed by atoms with van der Waals surface area (Å²) in [4.78, 5) is 12.5. The van der Waals surface area contributed by atoms with Crippen molar-refractivity contribution in [3.63, 3.8) is 0 Å². The largest absolute Gasteiger partial charge is 0.479 e. The first-order valence-corrected chi connectivity index (χ1v) is 6.14. The number of aliphatic carboxylic acids is 1. The first-order chi connectivity index (χ1) is 7.70. The van der Waals surface area contributed by atoms with Gasteiger partial charge in [-0.3, -0.25) is 0 Å². The number of aryl methyl sites for hydroxylation is 1. The van der Waals surface area contributed by atoms with Gasteiger partial charge in [0, 0.05) is 10.4 Å². The zero-order chi connectivity index (χ0) is 11.6. The summed E-state index contributed by atoms with van der Waals surface area (Å²) in [6.07, 6.45) is 2.21. The lowest BCUT2D eigenvalue weighted by atomic mass is 9.83. The van der Waals surface area contributed by atoms with Crippen molar-refractivity contribution in [3.8, 4) is 0 Å². The summed E-state index contributed by atoms with van der Waals surface area (Å²) in [5.74, 6) is -0.958. The van der Waals surface area contributed by atoms with E-state index in [9.17, 15) is 9.90 Å². The van der Waals surface area contributed by atoms with E-state index in [1.165, 1.54) is 0 Å². The number of fused-ring (bicyclic) bond motifs is 1. The molecule has 4 nitrogen and oxygen atoms in total. The molecule has 0 saturated heterocycles. The number of ether oxygens (including phenoxy) is 1. The number of thiophene rings is 1. The third kappa shape index (κ3) is 1.75. The summed E-state index contributed by atoms with van der Waals surface area (Å²) in [6.45, 7) is -0.101. The highest BCUT2D eigenvalue weighted by molar-refractivity contribution is 7.10. The van der Waals surface area contributed by atoms with E-state index in [2.05, 4.69) is 0 Å². The molecule has 1 heterocycles. The Morgan fingerprint density at radius 1 is 1.62 bits per heavy atom. The van der Waals surface area contributed by atoms with Crippen LogP contribution >= 0.6 is 11.3 Å². The molecular weight excluding hydrogens is 228 g/mol. The van der Waals surface area contributed by atoms with Crippen molar-refractivity contribution >= 4 is 17.3 Å². The van der Waals surface area contributed by atoms with Crippen LogP contribution in [0.1, 0.15) is 23.3 Å². The van der Waals surface area contributed by atoms with Gasteiger partial charge in [-0.15, -0.1) is 11.3 Å². The Balaban J connectivity index is 2.37. The minimum absolute atomic E-state index is 0.0571. The topological polar surface area (TPSA) is 66.8 Å². The van der Waals surface area contributed by atoms with E-state index < -0.39 is 11.6 Å². The number of carbonyl (C=O) groups is 1. The Bertz CT molecular complexity index is 387. The first-order valence-electron chi connectivity index (χ1n) is 5.26. The molecule has 5 heteroatoms. The smallest absolute Gasteiger partial charge is 0.340 e. The second-order valence-electron chi connectivity index (χ2n) is 3.82. The van der Waals surface area contributed by atoms with Crippen LogP contribution in [0.15, 0.2) is 11.4 Å². The van der Waals surface area contributed by atoms with Crippen molar-refractivity contribution in [1.29, 1.82) is 0 Å². The monoisotopic (exact) mass is 242 g/mol. The summed E-state index contributed by atoms with van der Waals surface area (Å²) in [6, 6.07) is 1.82. The molecule has 2 N–H and O–H groups in total. The lowest BCUT2D eigenvalue weighted by Gasteiger charge is -2.33. The fourth-order valence-electron chi connectivity index (χ4n) is 2.18. The summed E-state index contributed by atoms with van der Waals surface area (Å²) < 4.78 is 5.42. The number of rotatable bonds is 4. The fourth-order valence-corrected chi connectivity index (χ4v) is 3.17.